The molecule has 1 heterocycles. The van der Waals surface area contributed by atoms with Gasteiger partial charge in [0.1, 0.15) is 12.2 Å². The van der Waals surface area contributed by atoms with E-state index in [9.17, 15) is 28.1 Å². The van der Waals surface area contributed by atoms with Gasteiger partial charge in [0.2, 0.25) is 5.91 Å². The molecule has 0 radical (unpaired) electrons. The molecule has 3 aromatic rings. The maximum atomic E-state index is 15.2. The Labute approximate surface area is 247 Å². The largest absolute Gasteiger partial charge is 0.423 e. The van der Waals surface area contributed by atoms with Crippen LogP contribution >= 0.6 is 15.9 Å². The SMILES string of the molecule is O=C(COC1CCC(Nc2ccc([N+](=O)[O-])c(C(F)(F)F)c2)CC1)N1CCN(c2ccc3cc(Br)ccc3c2F)CC1. The highest BCUT2D eigenvalue weighted by Gasteiger charge is 2.38. The molecule has 1 aliphatic heterocycles. The number of nitrogens with zero attached hydrogens (tertiary/aromatic N) is 3. The number of benzene rings is 3. The van der Waals surface area contributed by atoms with Crippen LogP contribution in [0.25, 0.3) is 10.8 Å². The number of carbonyl (C=O) groups is 1. The van der Waals surface area contributed by atoms with Crippen LogP contribution in [0, 0.1) is 15.9 Å². The Kier molecular flexibility index (Phi) is 8.88. The Balaban J connectivity index is 1.07. The minimum absolute atomic E-state index is 0.0702. The summed E-state index contributed by atoms with van der Waals surface area (Å²) in [5, 5.41) is 15.4. The van der Waals surface area contributed by atoms with Crippen molar-refractivity contribution in [1.82, 2.24) is 4.90 Å². The van der Waals surface area contributed by atoms with Crippen molar-refractivity contribution >= 4 is 49.7 Å². The molecule has 0 unspecified atom stereocenters. The number of nitro benzene ring substituents is 1. The average Bonchev–Trinajstić information content (AvgIpc) is 2.96. The van der Waals surface area contributed by atoms with E-state index in [1.165, 1.54) is 6.07 Å². The van der Waals surface area contributed by atoms with E-state index in [1.807, 2.05) is 17.0 Å². The molecule has 0 aromatic heterocycles. The predicted octanol–water partition coefficient (Wildman–Crippen LogP) is 6.76. The number of hydrogen-bond donors (Lipinski definition) is 1. The molecular formula is C29H29BrF4N4O4. The molecule has 3 aromatic carbocycles. The minimum Gasteiger partial charge on any atom is -0.382 e. The highest BCUT2D eigenvalue weighted by molar-refractivity contribution is 9.10. The summed E-state index contributed by atoms with van der Waals surface area (Å²) >= 11 is 3.41. The molecule has 224 valence electrons. The van der Waals surface area contributed by atoms with Gasteiger partial charge < -0.3 is 19.9 Å². The normalized spacial score (nSPS) is 19.6. The quantitative estimate of drug-likeness (QED) is 0.172. The Hall–Kier alpha value is -3.45. The van der Waals surface area contributed by atoms with Gasteiger partial charge >= 0.3 is 6.18 Å². The van der Waals surface area contributed by atoms with Crippen molar-refractivity contribution in [3.63, 3.8) is 0 Å². The first-order chi connectivity index (χ1) is 20.0. The smallest absolute Gasteiger partial charge is 0.382 e. The van der Waals surface area contributed by atoms with E-state index >= 15 is 4.39 Å². The van der Waals surface area contributed by atoms with E-state index in [0.717, 1.165) is 22.0 Å². The third kappa shape index (κ3) is 6.78. The summed E-state index contributed by atoms with van der Waals surface area (Å²) in [6, 6.07) is 11.9. The number of alkyl halides is 3. The summed E-state index contributed by atoms with van der Waals surface area (Å²) in [6.45, 7) is 1.83. The number of carbonyl (C=O) groups excluding carboxylic acids is 1. The third-order valence-corrected chi connectivity index (χ3v) is 8.35. The maximum absolute atomic E-state index is 15.2. The fraction of sp³-hybridized carbons (Fsp3) is 0.414. The molecule has 1 amide bonds. The topological polar surface area (TPSA) is 87.9 Å². The van der Waals surface area contributed by atoms with Gasteiger partial charge in [0, 0.05) is 53.8 Å². The fourth-order valence-electron chi connectivity index (χ4n) is 5.59. The lowest BCUT2D eigenvalue weighted by Gasteiger charge is -2.36. The first kappa shape index (κ1) is 30.0. The van der Waals surface area contributed by atoms with Gasteiger partial charge in [-0.05, 0) is 61.4 Å². The molecule has 1 saturated heterocycles. The van der Waals surface area contributed by atoms with Crippen LogP contribution in [0.3, 0.4) is 0 Å². The van der Waals surface area contributed by atoms with Gasteiger partial charge in [-0.25, -0.2) is 4.39 Å². The second kappa shape index (κ2) is 12.4. The number of amides is 1. The summed E-state index contributed by atoms with van der Waals surface area (Å²) in [4.78, 5) is 26.4. The molecule has 8 nitrogen and oxygen atoms in total. The Bertz CT molecular complexity index is 1470. The number of nitrogens with one attached hydrogen (secondary N) is 1. The zero-order chi connectivity index (χ0) is 30.0. The lowest BCUT2D eigenvalue weighted by molar-refractivity contribution is -0.388. The molecule has 1 N–H and O–H groups in total. The maximum Gasteiger partial charge on any atom is 0.423 e. The number of anilines is 2. The lowest BCUT2D eigenvalue weighted by atomic mass is 9.92. The van der Waals surface area contributed by atoms with Gasteiger partial charge in [0.25, 0.3) is 5.69 Å². The molecule has 2 fully saturated rings. The van der Waals surface area contributed by atoms with Crippen LogP contribution in [0.2, 0.25) is 0 Å². The van der Waals surface area contributed by atoms with E-state index in [-0.39, 0.29) is 36.2 Å². The van der Waals surface area contributed by atoms with Gasteiger partial charge in [-0.15, -0.1) is 0 Å². The average molecular weight is 653 g/mol. The monoisotopic (exact) mass is 652 g/mol. The first-order valence-corrected chi connectivity index (χ1v) is 14.4. The summed E-state index contributed by atoms with van der Waals surface area (Å²) in [6.07, 6.45) is -2.52. The predicted molar refractivity (Wildman–Crippen MR) is 154 cm³/mol. The Morgan fingerprint density at radius 2 is 1.74 bits per heavy atom. The molecule has 1 saturated carbocycles. The van der Waals surface area contributed by atoms with Crippen molar-refractivity contribution in [2.24, 2.45) is 0 Å². The molecule has 2 aliphatic rings. The van der Waals surface area contributed by atoms with Crippen molar-refractivity contribution in [3.05, 3.63) is 74.5 Å². The van der Waals surface area contributed by atoms with E-state index in [2.05, 4.69) is 21.2 Å². The Morgan fingerprint density at radius 3 is 2.40 bits per heavy atom. The Morgan fingerprint density at radius 1 is 1.02 bits per heavy atom. The zero-order valence-electron chi connectivity index (χ0n) is 22.5. The summed E-state index contributed by atoms with van der Waals surface area (Å²) < 4.78 is 61.8. The molecular weight excluding hydrogens is 624 g/mol. The highest BCUT2D eigenvalue weighted by atomic mass is 79.9. The van der Waals surface area contributed by atoms with Crippen LogP contribution in [0.1, 0.15) is 31.2 Å². The summed E-state index contributed by atoms with van der Waals surface area (Å²) in [7, 11) is 0. The van der Waals surface area contributed by atoms with Gasteiger partial charge in [0.15, 0.2) is 5.82 Å². The molecule has 0 bridgehead atoms. The number of halogens is 5. The van der Waals surface area contributed by atoms with Crippen molar-refractivity contribution in [1.29, 1.82) is 0 Å². The van der Waals surface area contributed by atoms with Crippen molar-refractivity contribution in [2.45, 2.75) is 44.0 Å². The lowest BCUT2D eigenvalue weighted by Crippen LogP contribution is -2.50. The second-order valence-electron chi connectivity index (χ2n) is 10.5. The zero-order valence-corrected chi connectivity index (χ0v) is 24.1. The van der Waals surface area contributed by atoms with Crippen LogP contribution in [0.4, 0.5) is 34.6 Å². The van der Waals surface area contributed by atoms with Crippen molar-refractivity contribution in [3.8, 4) is 0 Å². The first-order valence-electron chi connectivity index (χ1n) is 13.6. The van der Waals surface area contributed by atoms with Crippen molar-refractivity contribution in [2.75, 3.05) is 43.0 Å². The standard InChI is InChI=1S/C29H29BrF4N4O4/c30-19-2-8-23-18(15-19)1-9-26(28(23)31)36-11-13-37(14-12-36)27(39)17-42-22-6-3-20(4-7-22)35-21-5-10-25(38(40)41)24(16-21)29(32,33)34/h1-2,5,8-10,15-16,20,22,35H,3-4,6-7,11-14,17H2. The third-order valence-electron chi connectivity index (χ3n) is 7.85. The molecule has 1 aliphatic carbocycles. The fourth-order valence-corrected chi connectivity index (χ4v) is 5.97. The molecule has 0 spiro atoms. The number of ether oxygens (including phenoxy) is 1. The van der Waals surface area contributed by atoms with E-state index in [1.54, 1.807) is 23.1 Å². The van der Waals surface area contributed by atoms with Crippen LogP contribution in [0.5, 0.6) is 0 Å². The molecule has 0 atom stereocenters. The number of nitro groups is 1. The van der Waals surface area contributed by atoms with Crippen molar-refractivity contribution < 1.29 is 32.0 Å². The highest BCUT2D eigenvalue weighted by Crippen LogP contribution is 2.38. The number of hydrogen-bond acceptors (Lipinski definition) is 6. The van der Waals surface area contributed by atoms with E-state index in [0.29, 0.717) is 62.9 Å². The van der Waals surface area contributed by atoms with Gasteiger partial charge in [-0.2, -0.15) is 13.2 Å². The number of fused-ring (bicyclic) bond motifs is 1. The number of rotatable bonds is 7. The van der Waals surface area contributed by atoms with Gasteiger partial charge in [-0.1, -0.05) is 28.1 Å². The van der Waals surface area contributed by atoms with E-state index < -0.39 is 22.4 Å². The van der Waals surface area contributed by atoms with Crippen LogP contribution < -0.4 is 10.2 Å². The van der Waals surface area contributed by atoms with Crippen LogP contribution in [-0.2, 0) is 15.7 Å². The van der Waals surface area contributed by atoms with Crippen LogP contribution in [-0.4, -0.2) is 60.7 Å². The molecule has 13 heteroatoms. The number of piperazine rings is 1. The van der Waals surface area contributed by atoms with Gasteiger partial charge in [0.05, 0.1) is 16.7 Å². The molecule has 42 heavy (non-hydrogen) atoms. The van der Waals surface area contributed by atoms with E-state index in [4.69, 9.17) is 4.74 Å². The molecule has 5 rings (SSSR count). The second-order valence-corrected chi connectivity index (χ2v) is 11.5. The van der Waals surface area contributed by atoms with Crippen LogP contribution in [0.15, 0.2) is 53.0 Å². The minimum atomic E-state index is -4.84. The van der Waals surface area contributed by atoms with Gasteiger partial charge in [-0.3, -0.25) is 14.9 Å². The summed E-state index contributed by atoms with van der Waals surface area (Å²) in [5.74, 6) is -0.410. The summed E-state index contributed by atoms with van der Waals surface area (Å²) in [5.41, 5.74) is -1.58.